The Hall–Kier alpha value is -0.820. The number of hydrogen-bond acceptors (Lipinski definition) is 6. The summed E-state index contributed by atoms with van der Waals surface area (Å²) >= 11 is 0. The van der Waals surface area contributed by atoms with Gasteiger partial charge in [0.2, 0.25) is 0 Å². The molecule has 108 valence electrons. The van der Waals surface area contributed by atoms with Gasteiger partial charge in [0.25, 0.3) is 0 Å². The van der Waals surface area contributed by atoms with E-state index in [9.17, 15) is 9.59 Å². The highest BCUT2D eigenvalue weighted by Crippen LogP contribution is 2.39. The predicted molar refractivity (Wildman–Crippen MR) is 64.4 cm³/mol. The SMILES string of the molecule is CCC(=O)CC(=O)[C@@H]1O[C@@H](OC)[C@@H]2OC(C)(C)O[C@H]21. The number of carbonyl (C=O) groups is 2. The maximum atomic E-state index is 12.1. The first-order valence-corrected chi connectivity index (χ1v) is 6.46. The van der Waals surface area contributed by atoms with Gasteiger partial charge in [-0.25, -0.2) is 0 Å². The van der Waals surface area contributed by atoms with Crippen LogP contribution in [0.2, 0.25) is 0 Å². The molecule has 2 saturated heterocycles. The molecule has 0 bridgehead atoms. The van der Waals surface area contributed by atoms with Crippen LogP contribution in [0.4, 0.5) is 0 Å². The van der Waals surface area contributed by atoms with E-state index in [-0.39, 0.29) is 18.0 Å². The van der Waals surface area contributed by atoms with Crippen molar-refractivity contribution in [3.63, 3.8) is 0 Å². The fourth-order valence-electron chi connectivity index (χ4n) is 2.43. The number of methoxy groups -OCH3 is 1. The van der Waals surface area contributed by atoms with E-state index in [0.29, 0.717) is 6.42 Å². The van der Waals surface area contributed by atoms with E-state index in [0.717, 1.165) is 0 Å². The first kappa shape index (κ1) is 14.6. The first-order chi connectivity index (χ1) is 8.88. The Kier molecular flexibility index (Phi) is 4.06. The number of rotatable bonds is 5. The van der Waals surface area contributed by atoms with Gasteiger partial charge in [-0.15, -0.1) is 0 Å². The summed E-state index contributed by atoms with van der Waals surface area (Å²) in [6, 6.07) is 0. The second-order valence-corrected chi connectivity index (χ2v) is 5.26. The van der Waals surface area contributed by atoms with Crippen molar-refractivity contribution < 1.29 is 28.5 Å². The van der Waals surface area contributed by atoms with Crippen LogP contribution in [0.15, 0.2) is 0 Å². The van der Waals surface area contributed by atoms with Crippen LogP contribution < -0.4 is 0 Å². The zero-order chi connectivity index (χ0) is 14.2. The lowest BCUT2D eigenvalue weighted by Crippen LogP contribution is -2.36. The molecule has 4 atom stereocenters. The maximum Gasteiger partial charge on any atom is 0.187 e. The quantitative estimate of drug-likeness (QED) is 0.690. The molecule has 2 rings (SSSR count). The molecule has 0 spiro atoms. The summed E-state index contributed by atoms with van der Waals surface area (Å²) < 4.78 is 22.0. The van der Waals surface area contributed by atoms with Crippen LogP contribution in [0.1, 0.15) is 33.6 Å². The van der Waals surface area contributed by atoms with Crippen LogP contribution in [0.25, 0.3) is 0 Å². The molecule has 0 amide bonds. The topological polar surface area (TPSA) is 71.1 Å². The molecular weight excluding hydrogens is 252 g/mol. The fourth-order valence-corrected chi connectivity index (χ4v) is 2.43. The van der Waals surface area contributed by atoms with Crippen molar-refractivity contribution in [2.45, 2.75) is 64.0 Å². The summed E-state index contributed by atoms with van der Waals surface area (Å²) in [7, 11) is 1.49. The van der Waals surface area contributed by atoms with Gasteiger partial charge in [-0.2, -0.15) is 0 Å². The third kappa shape index (κ3) is 2.86. The van der Waals surface area contributed by atoms with E-state index in [1.165, 1.54) is 7.11 Å². The largest absolute Gasteiger partial charge is 0.353 e. The summed E-state index contributed by atoms with van der Waals surface area (Å²) in [5, 5.41) is 0. The van der Waals surface area contributed by atoms with Crippen LogP contribution in [-0.2, 0) is 28.5 Å². The van der Waals surface area contributed by atoms with Crippen molar-refractivity contribution in [1.29, 1.82) is 0 Å². The Morgan fingerprint density at radius 3 is 2.42 bits per heavy atom. The van der Waals surface area contributed by atoms with Gasteiger partial charge < -0.3 is 18.9 Å². The van der Waals surface area contributed by atoms with Gasteiger partial charge in [0, 0.05) is 13.5 Å². The molecule has 0 aromatic rings. The monoisotopic (exact) mass is 272 g/mol. The first-order valence-electron chi connectivity index (χ1n) is 6.46. The van der Waals surface area contributed by atoms with Gasteiger partial charge in [0.15, 0.2) is 17.9 Å². The molecule has 6 nitrogen and oxygen atoms in total. The van der Waals surface area contributed by atoms with Gasteiger partial charge in [-0.05, 0) is 13.8 Å². The summed E-state index contributed by atoms with van der Waals surface area (Å²) in [5.41, 5.74) is 0. The third-order valence-electron chi connectivity index (χ3n) is 3.33. The van der Waals surface area contributed by atoms with E-state index in [1.54, 1.807) is 20.8 Å². The predicted octanol–water partition coefficient (Wildman–Crippen LogP) is 0.816. The van der Waals surface area contributed by atoms with Crippen LogP contribution in [0.3, 0.4) is 0 Å². The minimum absolute atomic E-state index is 0.107. The molecular formula is C13H20O6. The number of Topliss-reactive ketones (excluding diaryl/α,β-unsaturated/α-hetero) is 2. The molecule has 0 aliphatic carbocycles. The maximum absolute atomic E-state index is 12.1. The second kappa shape index (κ2) is 5.28. The average Bonchev–Trinajstić information content (AvgIpc) is 2.81. The molecule has 2 aliphatic heterocycles. The van der Waals surface area contributed by atoms with Crippen molar-refractivity contribution in [1.82, 2.24) is 0 Å². The summed E-state index contributed by atoms with van der Waals surface area (Å²) in [6.45, 7) is 5.28. The summed E-state index contributed by atoms with van der Waals surface area (Å²) in [4.78, 5) is 23.5. The number of ketones is 2. The number of hydrogen-bond donors (Lipinski definition) is 0. The summed E-state index contributed by atoms with van der Waals surface area (Å²) in [5.74, 6) is -1.16. The number of ether oxygens (including phenoxy) is 4. The molecule has 0 aromatic heterocycles. The summed E-state index contributed by atoms with van der Waals surface area (Å²) in [6.07, 6.45) is -2.19. The van der Waals surface area contributed by atoms with Gasteiger partial charge >= 0.3 is 0 Å². The number of fused-ring (bicyclic) bond motifs is 1. The van der Waals surface area contributed by atoms with Crippen molar-refractivity contribution in [3.05, 3.63) is 0 Å². The zero-order valence-corrected chi connectivity index (χ0v) is 11.7. The molecule has 2 fully saturated rings. The minimum Gasteiger partial charge on any atom is -0.353 e. The lowest BCUT2D eigenvalue weighted by atomic mass is 10.0. The lowest BCUT2D eigenvalue weighted by Gasteiger charge is -2.23. The Morgan fingerprint density at radius 1 is 1.21 bits per heavy atom. The van der Waals surface area contributed by atoms with E-state index in [4.69, 9.17) is 18.9 Å². The Balaban J connectivity index is 2.10. The molecule has 6 heteroatoms. The molecule has 0 aromatic carbocycles. The average molecular weight is 272 g/mol. The molecule has 0 N–H and O–H groups in total. The molecule has 2 heterocycles. The van der Waals surface area contributed by atoms with E-state index >= 15 is 0 Å². The van der Waals surface area contributed by atoms with Gasteiger partial charge in [-0.1, -0.05) is 6.92 Å². The van der Waals surface area contributed by atoms with Gasteiger partial charge in [0.05, 0.1) is 6.42 Å². The second-order valence-electron chi connectivity index (χ2n) is 5.26. The van der Waals surface area contributed by atoms with Crippen molar-refractivity contribution >= 4 is 11.6 Å². The molecule has 0 unspecified atom stereocenters. The molecule has 0 radical (unpaired) electrons. The molecule has 0 saturated carbocycles. The molecule has 19 heavy (non-hydrogen) atoms. The van der Waals surface area contributed by atoms with Crippen LogP contribution in [0.5, 0.6) is 0 Å². The van der Waals surface area contributed by atoms with Crippen molar-refractivity contribution in [2.24, 2.45) is 0 Å². The zero-order valence-electron chi connectivity index (χ0n) is 11.7. The molecule has 2 aliphatic rings. The van der Waals surface area contributed by atoms with E-state index < -0.39 is 30.4 Å². The third-order valence-corrected chi connectivity index (χ3v) is 3.33. The highest BCUT2D eigenvalue weighted by molar-refractivity contribution is 6.01. The van der Waals surface area contributed by atoms with Crippen LogP contribution >= 0.6 is 0 Å². The fraction of sp³-hybridized carbons (Fsp3) is 0.846. The highest BCUT2D eigenvalue weighted by atomic mass is 16.8. The Bertz CT molecular complexity index is 377. The lowest BCUT2D eigenvalue weighted by molar-refractivity contribution is -0.225. The standard InChI is InChI=1S/C13H20O6/c1-5-7(14)6-8(15)9-10-11(12(16-4)17-9)19-13(2,3)18-10/h9-12H,5-6H2,1-4H3/t9-,10-,11+,12+/m0/s1. The van der Waals surface area contributed by atoms with E-state index in [1.807, 2.05) is 0 Å². The Labute approximate surface area is 112 Å². The van der Waals surface area contributed by atoms with E-state index in [2.05, 4.69) is 0 Å². The van der Waals surface area contributed by atoms with Crippen LogP contribution in [0, 0.1) is 0 Å². The Morgan fingerprint density at radius 2 is 1.84 bits per heavy atom. The van der Waals surface area contributed by atoms with Crippen molar-refractivity contribution in [2.75, 3.05) is 7.11 Å². The van der Waals surface area contributed by atoms with Crippen molar-refractivity contribution in [3.8, 4) is 0 Å². The highest BCUT2D eigenvalue weighted by Gasteiger charge is 2.57. The smallest absolute Gasteiger partial charge is 0.187 e. The minimum atomic E-state index is -0.799. The van der Waals surface area contributed by atoms with Crippen LogP contribution in [-0.4, -0.2) is 49.1 Å². The van der Waals surface area contributed by atoms with Gasteiger partial charge in [0.1, 0.15) is 24.1 Å². The number of carbonyl (C=O) groups excluding carboxylic acids is 2. The van der Waals surface area contributed by atoms with Gasteiger partial charge in [-0.3, -0.25) is 9.59 Å². The normalized spacial score (nSPS) is 36.2.